The van der Waals surface area contributed by atoms with Crippen LogP contribution in [0.3, 0.4) is 0 Å². The van der Waals surface area contributed by atoms with Gasteiger partial charge in [-0.3, -0.25) is 9.89 Å². The van der Waals surface area contributed by atoms with Gasteiger partial charge in [-0.1, -0.05) is 6.92 Å². The maximum absolute atomic E-state index is 12.8. The molecule has 0 aliphatic carbocycles. The van der Waals surface area contributed by atoms with E-state index in [2.05, 4.69) is 27.0 Å². The number of aryl methyl sites for hydroxylation is 1. The molecular formula is C21H30N6O3S. The van der Waals surface area contributed by atoms with Crippen LogP contribution in [0.5, 0.6) is 0 Å². The molecule has 0 radical (unpaired) electrons. The molecular weight excluding hydrogens is 416 g/mol. The fourth-order valence-electron chi connectivity index (χ4n) is 4.57. The van der Waals surface area contributed by atoms with E-state index in [4.69, 9.17) is 4.98 Å². The van der Waals surface area contributed by atoms with Crippen molar-refractivity contribution < 1.29 is 13.2 Å². The Labute approximate surface area is 183 Å². The molecule has 2 aliphatic rings. The zero-order valence-corrected chi connectivity index (χ0v) is 19.2. The third-order valence-electron chi connectivity index (χ3n) is 6.34. The van der Waals surface area contributed by atoms with Crippen molar-refractivity contribution in [2.24, 2.45) is 5.92 Å². The molecule has 0 spiro atoms. The van der Waals surface area contributed by atoms with Gasteiger partial charge in [0.2, 0.25) is 5.95 Å². The summed E-state index contributed by atoms with van der Waals surface area (Å²) in [6.07, 6.45) is 7.84. The van der Waals surface area contributed by atoms with Crippen molar-refractivity contribution in [1.82, 2.24) is 25.1 Å². The number of hydrogen-bond donors (Lipinski definition) is 1. The fourth-order valence-corrected chi connectivity index (χ4v) is 5.40. The summed E-state index contributed by atoms with van der Waals surface area (Å²) in [7, 11) is -3.45. The highest BCUT2D eigenvalue weighted by molar-refractivity contribution is 7.90. The lowest BCUT2D eigenvalue weighted by Crippen LogP contribution is -2.39. The van der Waals surface area contributed by atoms with E-state index in [0.717, 1.165) is 25.2 Å². The first-order chi connectivity index (χ1) is 14.7. The molecule has 31 heavy (non-hydrogen) atoms. The van der Waals surface area contributed by atoms with Gasteiger partial charge in [-0.25, -0.2) is 18.4 Å². The highest BCUT2D eigenvalue weighted by atomic mass is 32.2. The first-order valence-corrected chi connectivity index (χ1v) is 12.7. The molecule has 2 aromatic rings. The van der Waals surface area contributed by atoms with Crippen LogP contribution in [0, 0.1) is 12.8 Å². The van der Waals surface area contributed by atoms with Crippen LogP contribution in [0.25, 0.3) is 0 Å². The van der Waals surface area contributed by atoms with Crippen molar-refractivity contribution in [3.8, 4) is 0 Å². The number of H-pyrrole nitrogens is 1. The number of carbonyl (C=O) groups excluding carboxylic acids is 1. The number of rotatable bonds is 4. The van der Waals surface area contributed by atoms with Crippen LogP contribution in [-0.4, -0.2) is 71.8 Å². The Balaban J connectivity index is 1.56. The van der Waals surface area contributed by atoms with E-state index >= 15 is 0 Å². The van der Waals surface area contributed by atoms with Crippen molar-refractivity contribution in [1.29, 1.82) is 0 Å². The largest absolute Gasteiger partial charge is 0.341 e. The number of aromatic nitrogens is 4. The zero-order valence-electron chi connectivity index (χ0n) is 18.3. The Morgan fingerprint density at radius 2 is 1.90 bits per heavy atom. The summed E-state index contributed by atoms with van der Waals surface area (Å²) in [6.45, 7) is 6.92. The number of carbonyl (C=O) groups is 1. The van der Waals surface area contributed by atoms with Gasteiger partial charge in [-0.05, 0) is 38.5 Å². The second-order valence-corrected chi connectivity index (χ2v) is 10.8. The van der Waals surface area contributed by atoms with Crippen molar-refractivity contribution >= 4 is 21.7 Å². The molecule has 1 amide bonds. The first kappa shape index (κ1) is 21.7. The lowest BCUT2D eigenvalue weighted by atomic mass is 9.93. The summed E-state index contributed by atoms with van der Waals surface area (Å²) in [5, 5.41) is 6.74. The van der Waals surface area contributed by atoms with Crippen LogP contribution >= 0.6 is 0 Å². The first-order valence-electron chi connectivity index (χ1n) is 10.8. The molecule has 0 aromatic carbocycles. The minimum atomic E-state index is -3.45. The standard InChI is InChI=1S/C21H30N6O3S/c1-14-5-4-8-27(13-14)21-22-12-18(31(3,29)30)19(24-21)16-6-9-26(10-7-16)20(28)17-11-23-25-15(17)2/h11-12,14,16H,4-10,13H2,1-3H3,(H,23,25)/t14-/m1/s1. The Kier molecular flexibility index (Phi) is 6.00. The van der Waals surface area contributed by atoms with Crippen molar-refractivity contribution in [3.63, 3.8) is 0 Å². The molecule has 168 valence electrons. The maximum atomic E-state index is 12.8. The number of anilines is 1. The number of nitrogens with zero attached hydrogens (tertiary/aromatic N) is 5. The van der Waals surface area contributed by atoms with Crippen LogP contribution in [0.4, 0.5) is 5.95 Å². The van der Waals surface area contributed by atoms with Crippen molar-refractivity contribution in [2.75, 3.05) is 37.3 Å². The van der Waals surface area contributed by atoms with Crippen LogP contribution in [-0.2, 0) is 9.84 Å². The minimum Gasteiger partial charge on any atom is -0.341 e. The SMILES string of the molecule is Cc1[nH]ncc1C(=O)N1CCC(c2nc(N3CCC[C@@H](C)C3)ncc2S(C)(=O)=O)CC1. The second kappa shape index (κ2) is 8.57. The Hall–Kier alpha value is -2.49. The summed E-state index contributed by atoms with van der Waals surface area (Å²) >= 11 is 0. The van der Waals surface area contributed by atoms with Gasteiger partial charge in [0.05, 0.1) is 23.7 Å². The lowest BCUT2D eigenvalue weighted by molar-refractivity contribution is 0.0710. The molecule has 10 heteroatoms. The van der Waals surface area contributed by atoms with Crippen LogP contribution in [0.1, 0.15) is 60.3 Å². The molecule has 2 aromatic heterocycles. The summed E-state index contributed by atoms with van der Waals surface area (Å²) in [4.78, 5) is 26.1. The number of likely N-dealkylation sites (tertiary alicyclic amines) is 1. The molecule has 0 saturated carbocycles. The third kappa shape index (κ3) is 4.58. The van der Waals surface area contributed by atoms with Gasteiger partial charge < -0.3 is 9.80 Å². The van der Waals surface area contributed by atoms with Crippen molar-refractivity contribution in [3.05, 3.63) is 29.3 Å². The minimum absolute atomic E-state index is 0.0248. The van der Waals surface area contributed by atoms with E-state index in [1.54, 1.807) is 6.20 Å². The van der Waals surface area contributed by atoms with Crippen LogP contribution in [0.15, 0.2) is 17.3 Å². The molecule has 4 heterocycles. The topological polar surface area (TPSA) is 112 Å². The van der Waals surface area contributed by atoms with Crippen molar-refractivity contribution in [2.45, 2.75) is 50.3 Å². The number of piperidine rings is 2. The predicted molar refractivity (Wildman–Crippen MR) is 117 cm³/mol. The smallest absolute Gasteiger partial charge is 0.257 e. The van der Waals surface area contributed by atoms with Gasteiger partial charge in [0.25, 0.3) is 5.91 Å². The van der Waals surface area contributed by atoms with Gasteiger partial charge >= 0.3 is 0 Å². The number of amides is 1. The number of hydrogen-bond acceptors (Lipinski definition) is 7. The summed E-state index contributed by atoms with van der Waals surface area (Å²) in [5.41, 5.74) is 1.93. The van der Waals surface area contributed by atoms with E-state index in [1.165, 1.54) is 18.9 Å². The molecule has 1 atom stereocenters. The molecule has 2 saturated heterocycles. The lowest BCUT2D eigenvalue weighted by Gasteiger charge is -2.34. The second-order valence-electron chi connectivity index (χ2n) is 8.86. The van der Waals surface area contributed by atoms with Crippen LogP contribution < -0.4 is 4.90 Å². The average Bonchev–Trinajstić information content (AvgIpc) is 3.18. The van der Waals surface area contributed by atoms with E-state index in [0.29, 0.717) is 49.1 Å². The van der Waals surface area contributed by atoms with Gasteiger partial charge in [-0.2, -0.15) is 5.10 Å². The quantitative estimate of drug-likeness (QED) is 0.766. The van der Waals surface area contributed by atoms with Crippen LogP contribution in [0.2, 0.25) is 0 Å². The molecule has 0 unspecified atom stereocenters. The monoisotopic (exact) mass is 446 g/mol. The van der Waals surface area contributed by atoms with Gasteiger partial charge in [0.15, 0.2) is 9.84 Å². The molecule has 2 aliphatic heterocycles. The highest BCUT2D eigenvalue weighted by Gasteiger charge is 2.31. The number of sulfone groups is 1. The molecule has 2 fully saturated rings. The number of nitrogens with one attached hydrogen (secondary N) is 1. The average molecular weight is 447 g/mol. The Bertz CT molecular complexity index is 1060. The Morgan fingerprint density at radius 3 is 2.52 bits per heavy atom. The van der Waals surface area contributed by atoms with E-state index < -0.39 is 9.84 Å². The fraction of sp³-hybridized carbons (Fsp3) is 0.619. The highest BCUT2D eigenvalue weighted by Crippen LogP contribution is 2.33. The Morgan fingerprint density at radius 1 is 1.16 bits per heavy atom. The molecule has 9 nitrogen and oxygen atoms in total. The van der Waals surface area contributed by atoms with E-state index in [-0.39, 0.29) is 16.7 Å². The normalized spacial score (nSPS) is 20.8. The molecule has 4 rings (SSSR count). The summed E-state index contributed by atoms with van der Waals surface area (Å²) in [5.74, 6) is 1.11. The predicted octanol–water partition coefficient (Wildman–Crippen LogP) is 2.17. The summed E-state index contributed by atoms with van der Waals surface area (Å²) < 4.78 is 24.9. The molecule has 1 N–H and O–H groups in total. The van der Waals surface area contributed by atoms with E-state index in [1.807, 2.05) is 11.8 Å². The van der Waals surface area contributed by atoms with Gasteiger partial charge in [0, 0.05) is 44.0 Å². The molecule has 0 bridgehead atoms. The summed E-state index contributed by atoms with van der Waals surface area (Å²) in [6, 6.07) is 0. The zero-order chi connectivity index (χ0) is 22.2. The maximum Gasteiger partial charge on any atom is 0.257 e. The van der Waals surface area contributed by atoms with Gasteiger partial charge in [0.1, 0.15) is 4.90 Å². The third-order valence-corrected chi connectivity index (χ3v) is 7.45. The van der Waals surface area contributed by atoms with E-state index in [9.17, 15) is 13.2 Å². The number of aromatic amines is 1. The van der Waals surface area contributed by atoms with Gasteiger partial charge in [-0.15, -0.1) is 0 Å².